The van der Waals surface area contributed by atoms with Crippen molar-refractivity contribution in [2.45, 2.75) is 277 Å². The van der Waals surface area contributed by atoms with Crippen LogP contribution in [0.4, 0.5) is 0 Å². The Bertz CT molecular complexity index is 2100. The fraction of sp³-hybridized carbons (Fsp3) is 0.542. The van der Waals surface area contributed by atoms with Crippen molar-refractivity contribution in [2.75, 3.05) is 13.2 Å². The SMILES string of the molecule is CC/C=C\C/C=C\C/C=C\C/C=C\C/C=C\C/C=C\C/C=C\C/C=C\C/C=C\CCCCCCCCCCCC(=O)OCC(CO)OC(=O)CCCCCCCCCCC/C=C\C/C=C\C/C=C\C/C=C\C/C=C\C/C=C\C/C=C\C/C=C\C/C=C\CC. The summed E-state index contributed by atoms with van der Waals surface area (Å²) in [5, 5.41) is 9.71. The normalized spacial score (nSPS) is 13.6. The van der Waals surface area contributed by atoms with E-state index in [0.29, 0.717) is 12.8 Å². The highest BCUT2D eigenvalue weighted by atomic mass is 16.6. The molecule has 0 amide bonds. The molecule has 1 unspecified atom stereocenters. The van der Waals surface area contributed by atoms with Crippen LogP contribution in [0.2, 0.25) is 0 Å². The number of unbranched alkanes of at least 4 members (excludes halogenated alkanes) is 18. The van der Waals surface area contributed by atoms with E-state index in [1.807, 2.05) is 0 Å². The first-order chi connectivity index (χ1) is 43.6. The molecule has 0 aliphatic rings. The minimum atomic E-state index is -0.796. The maximum absolute atomic E-state index is 12.4. The summed E-state index contributed by atoms with van der Waals surface area (Å²) in [6.07, 6.45) is 122. The lowest BCUT2D eigenvalue weighted by atomic mass is 10.1. The summed E-state index contributed by atoms with van der Waals surface area (Å²) in [6, 6.07) is 0. The first-order valence-electron chi connectivity index (χ1n) is 35.3. The van der Waals surface area contributed by atoms with Gasteiger partial charge in [0.25, 0.3) is 0 Å². The molecule has 490 valence electrons. The predicted molar refractivity (Wildman–Crippen MR) is 388 cm³/mol. The maximum atomic E-state index is 12.4. The molecule has 0 spiro atoms. The first-order valence-corrected chi connectivity index (χ1v) is 35.3. The Morgan fingerprint density at radius 1 is 0.261 bits per heavy atom. The molecule has 5 heteroatoms. The Labute approximate surface area is 542 Å². The Hall–Kier alpha value is -5.78. The van der Waals surface area contributed by atoms with Crippen LogP contribution in [0.5, 0.6) is 0 Å². The second kappa shape index (κ2) is 75.5. The fourth-order valence-corrected chi connectivity index (χ4v) is 9.07. The van der Waals surface area contributed by atoms with Crippen LogP contribution in [-0.2, 0) is 19.1 Å². The second-order valence-electron chi connectivity index (χ2n) is 22.5. The van der Waals surface area contributed by atoms with E-state index in [9.17, 15) is 14.7 Å². The molecule has 0 bridgehead atoms. The quantitative estimate of drug-likeness (QED) is 0.0373. The number of hydrogen-bond acceptors (Lipinski definition) is 5. The standard InChI is InChI=1S/C83H128O5/c1-3-5-7-9-11-13-15-17-19-21-23-25-27-29-31-33-35-37-39-41-43-45-47-49-51-53-55-57-59-61-63-65-67-69-71-73-75-77-82(85)87-80-81(79-84)88-83(86)78-76-74-72-70-68-66-64-62-60-58-56-54-52-50-48-46-44-42-40-38-36-34-32-30-28-26-24-22-20-18-16-14-12-10-8-6-4-2/h5-8,11-14,17-20,23-26,29-32,35-38,41-44,47-50,53-56,81,84H,3-4,9-10,15-16,21-22,27-28,33-34,39-40,45-46,51-52,57-80H2,1-2H3/b7-5-,8-6-,13-11-,14-12-,19-17-,20-18-,25-23-,26-24-,31-29-,32-30-,37-35-,38-36-,43-41-,44-42-,49-47-,50-48-,55-53-,56-54-. The van der Waals surface area contributed by atoms with Crippen molar-refractivity contribution < 1.29 is 24.2 Å². The zero-order chi connectivity index (χ0) is 63.3. The van der Waals surface area contributed by atoms with Gasteiger partial charge in [0.2, 0.25) is 0 Å². The molecule has 5 nitrogen and oxygen atoms in total. The van der Waals surface area contributed by atoms with Crippen molar-refractivity contribution in [2.24, 2.45) is 0 Å². The fourth-order valence-electron chi connectivity index (χ4n) is 9.07. The van der Waals surface area contributed by atoms with Gasteiger partial charge in [-0.15, -0.1) is 0 Å². The maximum Gasteiger partial charge on any atom is 0.306 e. The van der Waals surface area contributed by atoms with Gasteiger partial charge in [0.1, 0.15) is 6.61 Å². The van der Waals surface area contributed by atoms with Gasteiger partial charge in [-0.25, -0.2) is 0 Å². The number of aliphatic hydroxyl groups is 1. The molecular weight excluding hydrogens is 1080 g/mol. The molecule has 1 N–H and O–H groups in total. The molecule has 0 aromatic heterocycles. The molecule has 0 radical (unpaired) electrons. The van der Waals surface area contributed by atoms with E-state index < -0.39 is 6.10 Å². The third-order valence-electron chi connectivity index (χ3n) is 14.3. The van der Waals surface area contributed by atoms with E-state index in [-0.39, 0.29) is 25.2 Å². The summed E-state index contributed by atoms with van der Waals surface area (Å²) < 4.78 is 10.7. The summed E-state index contributed by atoms with van der Waals surface area (Å²) in [6.45, 7) is 3.90. The number of ether oxygens (including phenoxy) is 2. The smallest absolute Gasteiger partial charge is 0.306 e. The summed E-state index contributed by atoms with van der Waals surface area (Å²) in [4.78, 5) is 24.7. The van der Waals surface area contributed by atoms with Gasteiger partial charge in [-0.05, 0) is 154 Å². The Kier molecular flexibility index (Phi) is 70.5. The lowest BCUT2D eigenvalue weighted by Gasteiger charge is -2.15. The van der Waals surface area contributed by atoms with E-state index in [1.165, 1.54) is 77.0 Å². The number of allylic oxidation sites excluding steroid dienone is 36. The number of rotatable bonds is 62. The monoisotopic (exact) mass is 1200 g/mol. The predicted octanol–water partition coefficient (Wildman–Crippen LogP) is 25.1. The molecule has 1 atom stereocenters. The third kappa shape index (κ3) is 72.7. The van der Waals surface area contributed by atoms with Crippen molar-refractivity contribution in [3.63, 3.8) is 0 Å². The molecular formula is C83H128O5. The molecule has 0 saturated heterocycles. The third-order valence-corrected chi connectivity index (χ3v) is 14.3. The molecule has 88 heavy (non-hydrogen) atoms. The molecule has 0 aliphatic carbocycles. The Morgan fingerprint density at radius 2 is 0.455 bits per heavy atom. The number of carbonyl (C=O) groups is 2. The zero-order valence-electron chi connectivity index (χ0n) is 56.1. The van der Waals surface area contributed by atoms with Crippen LogP contribution in [0.25, 0.3) is 0 Å². The average Bonchev–Trinajstić information content (AvgIpc) is 3.55. The zero-order valence-corrected chi connectivity index (χ0v) is 56.1. The van der Waals surface area contributed by atoms with Gasteiger partial charge in [0.15, 0.2) is 6.10 Å². The van der Waals surface area contributed by atoms with Crippen LogP contribution in [0.3, 0.4) is 0 Å². The minimum Gasteiger partial charge on any atom is -0.462 e. The average molecular weight is 1210 g/mol. The van der Waals surface area contributed by atoms with Gasteiger partial charge in [0, 0.05) is 12.8 Å². The van der Waals surface area contributed by atoms with Crippen LogP contribution in [0, 0.1) is 0 Å². The molecule has 0 aromatic rings. The van der Waals surface area contributed by atoms with E-state index in [4.69, 9.17) is 9.47 Å². The molecule has 0 heterocycles. The topological polar surface area (TPSA) is 72.8 Å². The van der Waals surface area contributed by atoms with Crippen LogP contribution in [0.15, 0.2) is 219 Å². The second-order valence-corrected chi connectivity index (χ2v) is 22.5. The molecule has 0 aliphatic heterocycles. The van der Waals surface area contributed by atoms with Crippen LogP contribution in [-0.4, -0.2) is 36.4 Å². The Morgan fingerprint density at radius 3 is 0.682 bits per heavy atom. The van der Waals surface area contributed by atoms with Gasteiger partial charge in [-0.2, -0.15) is 0 Å². The highest BCUT2D eigenvalue weighted by Gasteiger charge is 2.16. The van der Waals surface area contributed by atoms with Crippen molar-refractivity contribution in [1.82, 2.24) is 0 Å². The summed E-state index contributed by atoms with van der Waals surface area (Å²) in [7, 11) is 0. The van der Waals surface area contributed by atoms with Crippen molar-refractivity contribution >= 4 is 11.9 Å². The molecule has 0 aromatic carbocycles. The highest BCUT2D eigenvalue weighted by molar-refractivity contribution is 5.70. The van der Waals surface area contributed by atoms with E-state index >= 15 is 0 Å². The highest BCUT2D eigenvalue weighted by Crippen LogP contribution is 2.15. The molecule has 0 rings (SSSR count). The summed E-state index contributed by atoms with van der Waals surface area (Å²) in [5.74, 6) is -0.617. The van der Waals surface area contributed by atoms with Crippen molar-refractivity contribution in [1.29, 1.82) is 0 Å². The molecule has 0 saturated carbocycles. The van der Waals surface area contributed by atoms with Gasteiger partial charge in [-0.1, -0.05) is 322 Å². The van der Waals surface area contributed by atoms with Crippen LogP contribution >= 0.6 is 0 Å². The van der Waals surface area contributed by atoms with Gasteiger partial charge >= 0.3 is 11.9 Å². The van der Waals surface area contributed by atoms with Gasteiger partial charge in [0.05, 0.1) is 6.61 Å². The first kappa shape index (κ1) is 82.2. The van der Waals surface area contributed by atoms with E-state index in [2.05, 4.69) is 233 Å². The van der Waals surface area contributed by atoms with Crippen molar-refractivity contribution in [3.8, 4) is 0 Å². The lowest BCUT2D eigenvalue weighted by Crippen LogP contribution is -2.28. The number of carbonyl (C=O) groups excluding carboxylic acids is 2. The summed E-state index contributed by atoms with van der Waals surface area (Å²) >= 11 is 0. The van der Waals surface area contributed by atoms with Crippen LogP contribution < -0.4 is 0 Å². The minimum absolute atomic E-state index is 0.0849. The Balaban J connectivity index is 3.61. The van der Waals surface area contributed by atoms with E-state index in [1.54, 1.807) is 0 Å². The summed E-state index contributed by atoms with van der Waals surface area (Å²) in [5.41, 5.74) is 0. The van der Waals surface area contributed by atoms with E-state index in [0.717, 1.165) is 167 Å². The molecule has 0 fully saturated rings. The lowest BCUT2D eigenvalue weighted by molar-refractivity contribution is -0.161. The van der Waals surface area contributed by atoms with Crippen molar-refractivity contribution in [3.05, 3.63) is 219 Å². The number of esters is 2. The van der Waals surface area contributed by atoms with Crippen LogP contribution in [0.1, 0.15) is 271 Å². The van der Waals surface area contributed by atoms with Gasteiger partial charge in [-0.3, -0.25) is 9.59 Å². The number of aliphatic hydroxyl groups excluding tert-OH is 1. The number of hydrogen-bond donors (Lipinski definition) is 1. The largest absolute Gasteiger partial charge is 0.462 e. The van der Waals surface area contributed by atoms with Gasteiger partial charge < -0.3 is 14.6 Å².